The minimum absolute atomic E-state index is 0.289. The number of carbonyl (C=O) groups is 1. The molecular weight excluding hydrogens is 294 g/mol. The number of Topliss-reactive ketones (excluding diaryl/α,β-unsaturated/α-hetero) is 1. The minimum atomic E-state index is -0.289. The number of ketones is 1. The summed E-state index contributed by atoms with van der Waals surface area (Å²) in [5.74, 6) is 0.354. The number of carbonyl (C=O) groups excluding carboxylic acids is 1. The van der Waals surface area contributed by atoms with E-state index in [2.05, 4.69) is 41.3 Å². The van der Waals surface area contributed by atoms with Crippen LogP contribution in [0.4, 0.5) is 0 Å². The molecule has 1 fully saturated rings. The lowest BCUT2D eigenvalue weighted by Crippen LogP contribution is -2.45. The van der Waals surface area contributed by atoms with Gasteiger partial charge in [0.05, 0.1) is 5.41 Å². The van der Waals surface area contributed by atoms with Crippen molar-refractivity contribution >= 4 is 5.78 Å². The van der Waals surface area contributed by atoms with Crippen molar-refractivity contribution in [3.05, 3.63) is 71.3 Å². The van der Waals surface area contributed by atoms with Gasteiger partial charge in [0.2, 0.25) is 0 Å². The van der Waals surface area contributed by atoms with Gasteiger partial charge in [-0.15, -0.1) is 0 Å². The van der Waals surface area contributed by atoms with Crippen LogP contribution in [0.2, 0.25) is 0 Å². The van der Waals surface area contributed by atoms with Gasteiger partial charge in [0.1, 0.15) is 0 Å². The number of hydrogen-bond donors (Lipinski definition) is 0. The second kappa shape index (κ2) is 6.52. The van der Waals surface area contributed by atoms with Crippen molar-refractivity contribution in [1.82, 2.24) is 4.90 Å². The Labute approximate surface area is 144 Å². The van der Waals surface area contributed by atoms with Crippen molar-refractivity contribution in [2.75, 3.05) is 19.6 Å². The van der Waals surface area contributed by atoms with E-state index in [-0.39, 0.29) is 5.41 Å². The minimum Gasteiger partial charge on any atom is -0.302 e. The predicted molar refractivity (Wildman–Crippen MR) is 97.3 cm³/mol. The molecule has 1 aliphatic carbocycles. The largest absolute Gasteiger partial charge is 0.302 e. The average molecular weight is 319 g/mol. The first kappa shape index (κ1) is 15.6. The second-order valence-electron chi connectivity index (χ2n) is 7.44. The second-order valence-corrected chi connectivity index (χ2v) is 7.44. The Bertz CT molecular complexity index is 718. The smallest absolute Gasteiger partial charge is 0.171 e. The number of hydrogen-bond acceptors (Lipinski definition) is 2. The van der Waals surface area contributed by atoms with E-state index in [1.807, 2.05) is 18.2 Å². The molecule has 1 atom stereocenters. The van der Waals surface area contributed by atoms with Gasteiger partial charge in [-0.25, -0.2) is 0 Å². The van der Waals surface area contributed by atoms with Crippen molar-refractivity contribution < 1.29 is 4.79 Å². The fraction of sp³-hybridized carbons (Fsp3) is 0.409. The maximum atomic E-state index is 13.4. The predicted octanol–water partition coefficient (Wildman–Crippen LogP) is 4.14. The Morgan fingerprint density at radius 3 is 2.33 bits per heavy atom. The zero-order chi connectivity index (χ0) is 16.4. The maximum Gasteiger partial charge on any atom is 0.171 e. The summed E-state index contributed by atoms with van der Waals surface area (Å²) in [5.41, 5.74) is 3.17. The third kappa shape index (κ3) is 2.91. The fourth-order valence-electron chi connectivity index (χ4n) is 4.49. The van der Waals surface area contributed by atoms with Crippen LogP contribution in [0.15, 0.2) is 54.6 Å². The molecule has 0 amide bonds. The number of nitrogens with zero attached hydrogens (tertiary/aromatic N) is 1. The Hall–Kier alpha value is -1.93. The Morgan fingerprint density at radius 2 is 1.58 bits per heavy atom. The summed E-state index contributed by atoms with van der Waals surface area (Å²) in [6.07, 6.45) is 5.59. The monoisotopic (exact) mass is 319 g/mol. The number of rotatable bonds is 4. The van der Waals surface area contributed by atoms with Gasteiger partial charge in [-0.05, 0) is 49.9 Å². The summed E-state index contributed by atoms with van der Waals surface area (Å²) >= 11 is 0. The summed E-state index contributed by atoms with van der Waals surface area (Å²) in [5, 5.41) is 0. The van der Waals surface area contributed by atoms with Crippen molar-refractivity contribution in [1.29, 1.82) is 0 Å². The lowest BCUT2D eigenvalue weighted by molar-refractivity contribution is 0.0702. The quantitative estimate of drug-likeness (QED) is 0.844. The van der Waals surface area contributed by atoms with Gasteiger partial charge in [-0.2, -0.15) is 0 Å². The average Bonchev–Trinajstić information content (AvgIpc) is 2.89. The third-order valence-electron chi connectivity index (χ3n) is 5.63. The molecule has 24 heavy (non-hydrogen) atoms. The molecule has 1 aliphatic heterocycles. The number of piperidine rings is 1. The Morgan fingerprint density at radius 1 is 0.875 bits per heavy atom. The normalized spacial score (nSPS) is 24.1. The summed E-state index contributed by atoms with van der Waals surface area (Å²) in [6.45, 7) is 3.18. The SMILES string of the molecule is O=C1c2ccccc2CC1(Cc1ccccc1)CN1CCCCC1. The van der Waals surface area contributed by atoms with E-state index in [1.54, 1.807) is 0 Å². The first-order chi connectivity index (χ1) is 11.8. The topological polar surface area (TPSA) is 20.3 Å². The summed E-state index contributed by atoms with van der Waals surface area (Å²) in [7, 11) is 0. The molecule has 2 aromatic carbocycles. The lowest BCUT2D eigenvalue weighted by Gasteiger charge is -2.36. The molecule has 1 heterocycles. The van der Waals surface area contributed by atoms with E-state index in [0.29, 0.717) is 5.78 Å². The molecule has 0 spiro atoms. The highest BCUT2D eigenvalue weighted by atomic mass is 16.1. The Kier molecular flexibility index (Phi) is 4.24. The van der Waals surface area contributed by atoms with Crippen LogP contribution in [0.1, 0.15) is 40.7 Å². The highest BCUT2D eigenvalue weighted by Crippen LogP contribution is 2.40. The summed E-state index contributed by atoms with van der Waals surface area (Å²) in [6, 6.07) is 18.7. The van der Waals surface area contributed by atoms with E-state index >= 15 is 0 Å². The molecule has 0 bridgehead atoms. The van der Waals surface area contributed by atoms with Crippen molar-refractivity contribution in [3.63, 3.8) is 0 Å². The van der Waals surface area contributed by atoms with Crippen LogP contribution in [0, 0.1) is 5.41 Å². The maximum absolute atomic E-state index is 13.4. The first-order valence-corrected chi connectivity index (χ1v) is 9.16. The zero-order valence-corrected chi connectivity index (χ0v) is 14.2. The number of likely N-dealkylation sites (tertiary alicyclic amines) is 1. The van der Waals surface area contributed by atoms with Gasteiger partial charge in [0, 0.05) is 12.1 Å². The molecule has 2 nitrogen and oxygen atoms in total. The highest BCUT2D eigenvalue weighted by molar-refractivity contribution is 6.05. The molecule has 2 heteroatoms. The molecular formula is C22H25NO. The summed E-state index contributed by atoms with van der Waals surface area (Å²) < 4.78 is 0. The van der Waals surface area contributed by atoms with Crippen molar-refractivity contribution in [2.45, 2.75) is 32.1 Å². The highest BCUT2D eigenvalue weighted by Gasteiger charge is 2.46. The molecule has 2 aromatic rings. The molecule has 2 aliphatic rings. The molecule has 0 saturated carbocycles. The Balaban J connectivity index is 1.66. The van der Waals surface area contributed by atoms with Gasteiger partial charge in [0.15, 0.2) is 5.78 Å². The third-order valence-corrected chi connectivity index (χ3v) is 5.63. The van der Waals surface area contributed by atoms with Crippen LogP contribution in [0.5, 0.6) is 0 Å². The molecule has 1 unspecified atom stereocenters. The molecule has 0 N–H and O–H groups in total. The van der Waals surface area contributed by atoms with Crippen molar-refractivity contribution in [2.24, 2.45) is 5.41 Å². The van der Waals surface area contributed by atoms with Crippen LogP contribution < -0.4 is 0 Å². The van der Waals surface area contributed by atoms with Crippen LogP contribution in [0.25, 0.3) is 0 Å². The summed E-state index contributed by atoms with van der Waals surface area (Å²) in [4.78, 5) is 15.9. The molecule has 4 rings (SSSR count). The van der Waals surface area contributed by atoms with Gasteiger partial charge in [0.25, 0.3) is 0 Å². The van der Waals surface area contributed by atoms with Crippen LogP contribution in [0.3, 0.4) is 0 Å². The van der Waals surface area contributed by atoms with Crippen LogP contribution in [-0.4, -0.2) is 30.3 Å². The standard InChI is InChI=1S/C22H25NO/c24-21-20-12-6-5-11-19(20)16-22(21,15-18-9-3-1-4-10-18)17-23-13-7-2-8-14-23/h1,3-6,9-12H,2,7-8,13-17H2. The van der Waals surface area contributed by atoms with Gasteiger partial charge in [-0.3, -0.25) is 4.79 Å². The molecule has 0 radical (unpaired) electrons. The number of fused-ring (bicyclic) bond motifs is 1. The van der Waals surface area contributed by atoms with E-state index in [0.717, 1.165) is 38.0 Å². The van der Waals surface area contributed by atoms with E-state index in [9.17, 15) is 4.79 Å². The number of benzene rings is 2. The van der Waals surface area contributed by atoms with Crippen molar-refractivity contribution in [3.8, 4) is 0 Å². The lowest BCUT2D eigenvalue weighted by atomic mass is 9.77. The molecule has 1 saturated heterocycles. The fourth-order valence-corrected chi connectivity index (χ4v) is 4.49. The first-order valence-electron chi connectivity index (χ1n) is 9.16. The van der Waals surface area contributed by atoms with Crippen LogP contribution in [-0.2, 0) is 12.8 Å². The molecule has 124 valence electrons. The van der Waals surface area contributed by atoms with Gasteiger partial charge >= 0.3 is 0 Å². The van der Waals surface area contributed by atoms with Gasteiger partial charge in [-0.1, -0.05) is 61.0 Å². The zero-order valence-electron chi connectivity index (χ0n) is 14.2. The van der Waals surface area contributed by atoms with Crippen LogP contribution >= 0.6 is 0 Å². The molecule has 0 aromatic heterocycles. The van der Waals surface area contributed by atoms with Gasteiger partial charge < -0.3 is 4.90 Å². The van der Waals surface area contributed by atoms with E-state index < -0.39 is 0 Å². The van der Waals surface area contributed by atoms with E-state index in [1.165, 1.54) is 30.4 Å². The van der Waals surface area contributed by atoms with E-state index in [4.69, 9.17) is 0 Å².